The molecule has 0 amide bonds. The number of hydrogen-bond donors (Lipinski definition) is 0. The number of halogens is 5. The van der Waals surface area contributed by atoms with Crippen molar-refractivity contribution >= 4 is 31.3 Å². The maximum absolute atomic E-state index is 12.0. The molecule has 0 aromatic carbocycles. The van der Waals surface area contributed by atoms with Crippen LogP contribution in [-0.2, 0) is 9.05 Å². The van der Waals surface area contributed by atoms with Gasteiger partial charge < -0.3 is 9.47 Å². The lowest BCUT2D eigenvalue weighted by atomic mass is 10.4. The van der Waals surface area contributed by atoms with Crippen LogP contribution in [0.1, 0.15) is 0 Å². The molecule has 18 heavy (non-hydrogen) atoms. The number of aromatic nitrogens is 1. The number of nitrogens with zero attached hydrogens (tertiary/aromatic N) is 1. The van der Waals surface area contributed by atoms with E-state index in [1.807, 2.05) is 0 Å². The van der Waals surface area contributed by atoms with Crippen molar-refractivity contribution in [1.29, 1.82) is 0 Å². The molecule has 0 fully saturated rings. The molecule has 0 N–H and O–H groups in total. The van der Waals surface area contributed by atoms with E-state index in [0.717, 1.165) is 7.11 Å². The van der Waals surface area contributed by atoms with Crippen LogP contribution in [0.25, 0.3) is 0 Å². The smallest absolute Gasteiger partial charge is 0.480 e. The quantitative estimate of drug-likeness (QED) is 0.799. The third kappa shape index (κ3) is 3.53. The molecule has 5 nitrogen and oxygen atoms in total. The largest absolute Gasteiger partial charge is 0.573 e. The zero-order valence-electron chi connectivity index (χ0n) is 8.46. The summed E-state index contributed by atoms with van der Waals surface area (Å²) in [6.07, 6.45) is -4.48. The van der Waals surface area contributed by atoms with E-state index in [1.54, 1.807) is 0 Å². The van der Waals surface area contributed by atoms with Gasteiger partial charge in [-0.2, -0.15) is 0 Å². The van der Waals surface area contributed by atoms with Crippen LogP contribution in [0.15, 0.2) is 11.1 Å². The molecule has 1 aromatic rings. The van der Waals surface area contributed by atoms with Crippen molar-refractivity contribution in [3.05, 3.63) is 11.2 Å². The Morgan fingerprint density at radius 2 is 1.94 bits per heavy atom. The van der Waals surface area contributed by atoms with Gasteiger partial charge in [-0.3, -0.25) is 0 Å². The first kappa shape index (κ1) is 15.1. The Morgan fingerprint density at radius 1 is 1.39 bits per heavy atom. The lowest BCUT2D eigenvalue weighted by molar-refractivity contribution is -0.274. The summed E-state index contributed by atoms with van der Waals surface area (Å²) in [4.78, 5) is 2.42. The van der Waals surface area contributed by atoms with Crippen molar-refractivity contribution in [1.82, 2.24) is 4.98 Å². The lowest BCUT2D eigenvalue weighted by Gasteiger charge is -2.13. The monoisotopic (exact) mass is 325 g/mol. The summed E-state index contributed by atoms with van der Waals surface area (Å²) < 4.78 is 66.4. The summed E-state index contributed by atoms with van der Waals surface area (Å²) in [7, 11) is 1.62. The summed E-state index contributed by atoms with van der Waals surface area (Å²) in [5, 5.41) is -0.867. The second-order valence-corrected chi connectivity index (χ2v) is 5.64. The molecule has 0 spiro atoms. The minimum absolute atomic E-state index is 0.537. The van der Waals surface area contributed by atoms with Gasteiger partial charge in [0.25, 0.3) is 9.05 Å². The molecule has 0 saturated carbocycles. The van der Waals surface area contributed by atoms with E-state index in [4.69, 9.17) is 22.3 Å². The maximum Gasteiger partial charge on any atom is 0.573 e. The van der Waals surface area contributed by atoms with Crippen molar-refractivity contribution in [2.45, 2.75) is 11.3 Å². The molecular formula is C7H4Cl2F3NO4S. The van der Waals surface area contributed by atoms with E-state index in [1.165, 1.54) is 0 Å². The van der Waals surface area contributed by atoms with E-state index < -0.39 is 37.0 Å². The van der Waals surface area contributed by atoms with Crippen LogP contribution in [-0.4, -0.2) is 26.9 Å². The summed E-state index contributed by atoms with van der Waals surface area (Å²) in [6.45, 7) is 0. The predicted molar refractivity (Wildman–Crippen MR) is 55.5 cm³/mol. The zero-order chi connectivity index (χ0) is 14.1. The molecule has 0 aliphatic heterocycles. The van der Waals surface area contributed by atoms with E-state index in [2.05, 4.69) is 14.5 Å². The molecule has 1 heterocycles. The first-order valence-electron chi connectivity index (χ1n) is 3.99. The van der Waals surface area contributed by atoms with Gasteiger partial charge in [0.2, 0.25) is 5.88 Å². The van der Waals surface area contributed by atoms with Gasteiger partial charge in [-0.15, -0.1) is 13.2 Å². The van der Waals surface area contributed by atoms with Gasteiger partial charge in [-0.1, -0.05) is 11.6 Å². The molecule has 0 aliphatic carbocycles. The zero-order valence-corrected chi connectivity index (χ0v) is 10.8. The maximum atomic E-state index is 12.0. The van der Waals surface area contributed by atoms with Crippen LogP contribution in [0.4, 0.5) is 13.2 Å². The van der Waals surface area contributed by atoms with Gasteiger partial charge in [0.05, 0.1) is 13.3 Å². The molecule has 0 unspecified atom stereocenters. The average molecular weight is 326 g/mol. The molecule has 11 heteroatoms. The second kappa shape index (κ2) is 4.98. The SMILES string of the molecule is COc1ncc(OC(F)(F)F)c(Cl)c1S(=O)(=O)Cl. The molecule has 0 radical (unpaired) electrons. The summed E-state index contributed by atoms with van der Waals surface area (Å²) >= 11 is 5.47. The Bertz CT molecular complexity index is 561. The highest BCUT2D eigenvalue weighted by Crippen LogP contribution is 2.39. The lowest BCUT2D eigenvalue weighted by Crippen LogP contribution is -2.18. The number of methoxy groups -OCH3 is 1. The van der Waals surface area contributed by atoms with Gasteiger partial charge in [-0.05, 0) is 0 Å². The van der Waals surface area contributed by atoms with Crippen molar-refractivity contribution in [3.8, 4) is 11.6 Å². The third-order valence-electron chi connectivity index (χ3n) is 1.57. The van der Waals surface area contributed by atoms with Crippen LogP contribution in [0.5, 0.6) is 11.6 Å². The van der Waals surface area contributed by atoms with E-state index in [0.29, 0.717) is 6.20 Å². The molecule has 0 bridgehead atoms. The van der Waals surface area contributed by atoms with E-state index in [-0.39, 0.29) is 0 Å². The molecule has 1 aromatic heterocycles. The predicted octanol–water partition coefficient (Wildman–Crippen LogP) is 2.57. The van der Waals surface area contributed by atoms with Crippen LogP contribution >= 0.6 is 22.3 Å². The summed E-state index contributed by atoms with van der Waals surface area (Å²) in [5.74, 6) is -1.53. The van der Waals surface area contributed by atoms with Crippen molar-refractivity contribution in [2.24, 2.45) is 0 Å². The van der Waals surface area contributed by atoms with Crippen molar-refractivity contribution in [2.75, 3.05) is 7.11 Å². The Labute approximate surface area is 109 Å². The highest BCUT2D eigenvalue weighted by atomic mass is 35.7. The Hall–Kier alpha value is -0.930. The number of hydrogen-bond acceptors (Lipinski definition) is 5. The van der Waals surface area contributed by atoms with Crippen LogP contribution in [0, 0.1) is 0 Å². The third-order valence-corrected chi connectivity index (χ3v) is 3.39. The van der Waals surface area contributed by atoms with Crippen LogP contribution < -0.4 is 9.47 Å². The van der Waals surface area contributed by atoms with Crippen LogP contribution in [0.2, 0.25) is 5.02 Å². The molecule has 102 valence electrons. The Balaban J connectivity index is 3.45. The first-order chi connectivity index (χ1) is 8.06. The van der Waals surface area contributed by atoms with Gasteiger partial charge in [0.15, 0.2) is 10.6 Å². The number of alkyl halides is 3. The van der Waals surface area contributed by atoms with Crippen molar-refractivity contribution in [3.63, 3.8) is 0 Å². The van der Waals surface area contributed by atoms with Crippen molar-refractivity contribution < 1.29 is 31.1 Å². The Kier molecular flexibility index (Phi) is 4.19. The molecule has 0 saturated heterocycles. The second-order valence-electron chi connectivity index (χ2n) is 2.76. The minimum atomic E-state index is -5.05. The fraction of sp³-hybridized carbons (Fsp3) is 0.286. The first-order valence-corrected chi connectivity index (χ1v) is 6.68. The summed E-state index contributed by atoms with van der Waals surface area (Å²) in [5.41, 5.74) is 0. The van der Waals surface area contributed by atoms with Gasteiger partial charge in [-0.25, -0.2) is 13.4 Å². The number of pyridine rings is 1. The average Bonchev–Trinajstić information content (AvgIpc) is 2.16. The minimum Gasteiger partial charge on any atom is -0.480 e. The molecule has 0 aliphatic rings. The summed E-state index contributed by atoms with van der Waals surface area (Å²) in [6, 6.07) is 0. The molecular weight excluding hydrogens is 322 g/mol. The van der Waals surface area contributed by atoms with Crippen LogP contribution in [0.3, 0.4) is 0 Å². The van der Waals surface area contributed by atoms with Gasteiger partial charge >= 0.3 is 6.36 Å². The number of ether oxygens (including phenoxy) is 2. The standard InChI is InChI=1S/C7H4Cl2F3NO4S/c1-16-6-5(18(9,14)15)4(8)3(2-13-6)17-7(10,11)12/h2H,1H3. The fourth-order valence-electron chi connectivity index (χ4n) is 0.991. The molecule has 0 atom stereocenters. The topological polar surface area (TPSA) is 65.5 Å². The highest BCUT2D eigenvalue weighted by molar-refractivity contribution is 8.14. The normalized spacial score (nSPS) is 12.3. The highest BCUT2D eigenvalue weighted by Gasteiger charge is 2.34. The number of rotatable bonds is 3. The van der Waals surface area contributed by atoms with Gasteiger partial charge in [0.1, 0.15) is 5.02 Å². The Morgan fingerprint density at radius 3 is 2.33 bits per heavy atom. The molecule has 1 rings (SSSR count). The fourth-order valence-corrected chi connectivity index (χ4v) is 2.67. The van der Waals surface area contributed by atoms with E-state index >= 15 is 0 Å². The van der Waals surface area contributed by atoms with Gasteiger partial charge in [0, 0.05) is 10.7 Å². The van der Waals surface area contributed by atoms with E-state index in [9.17, 15) is 21.6 Å².